The van der Waals surface area contributed by atoms with Gasteiger partial charge in [0.25, 0.3) is 5.56 Å². The minimum Gasteiger partial charge on any atom is -0.382 e. The average Bonchev–Trinajstić information content (AvgIpc) is 2.87. The van der Waals surface area contributed by atoms with Crippen molar-refractivity contribution >= 4 is 21.6 Å². The Morgan fingerprint density at radius 1 is 1.47 bits per heavy atom. The number of nitrogens with one attached hydrogen (secondary N) is 1. The Morgan fingerprint density at radius 3 is 2.79 bits per heavy atom. The van der Waals surface area contributed by atoms with Crippen LogP contribution in [-0.2, 0) is 6.54 Å². The molecule has 2 rings (SSSR count). The molecule has 1 aromatic heterocycles. The number of halogens is 1. The maximum atomic E-state index is 12.1. The summed E-state index contributed by atoms with van der Waals surface area (Å²) < 4.78 is 2.12. The Labute approximate surface area is 122 Å². The fourth-order valence-electron chi connectivity index (χ4n) is 2.53. The van der Waals surface area contributed by atoms with Crippen LogP contribution in [0.25, 0.3) is 0 Å². The molecule has 1 aromatic rings. The second-order valence-corrected chi connectivity index (χ2v) is 6.58. The van der Waals surface area contributed by atoms with Gasteiger partial charge >= 0.3 is 0 Å². The zero-order valence-corrected chi connectivity index (χ0v) is 13.2. The summed E-state index contributed by atoms with van der Waals surface area (Å²) in [6.45, 7) is 5.75. The van der Waals surface area contributed by atoms with Crippen LogP contribution in [0.5, 0.6) is 0 Å². The molecule has 0 amide bonds. The number of hydrogen-bond donors (Lipinski definition) is 1. The van der Waals surface area contributed by atoms with Gasteiger partial charge in [0.1, 0.15) is 4.47 Å². The molecule has 0 atom stereocenters. The second kappa shape index (κ2) is 6.55. The minimum atomic E-state index is -0.0508. The van der Waals surface area contributed by atoms with Crippen LogP contribution in [0.3, 0.4) is 0 Å². The fourth-order valence-corrected chi connectivity index (χ4v) is 2.98. The zero-order valence-electron chi connectivity index (χ0n) is 11.7. The summed E-state index contributed by atoms with van der Waals surface area (Å²) in [6, 6.07) is 0. The lowest BCUT2D eigenvalue weighted by Gasteiger charge is -2.14. The molecule has 1 N–H and O–H groups in total. The summed E-state index contributed by atoms with van der Waals surface area (Å²) in [5, 5.41) is 7.59. The molecule has 1 heterocycles. The molecule has 1 saturated carbocycles. The van der Waals surface area contributed by atoms with Crippen molar-refractivity contribution in [3.63, 3.8) is 0 Å². The van der Waals surface area contributed by atoms with Crippen LogP contribution in [0.1, 0.15) is 39.5 Å². The van der Waals surface area contributed by atoms with Crippen LogP contribution in [0.2, 0.25) is 0 Å². The minimum absolute atomic E-state index is 0.0508. The zero-order chi connectivity index (χ0) is 13.8. The normalized spacial score (nSPS) is 16.2. The molecular formula is C14H22BrN3O. The molecule has 4 nitrogen and oxygen atoms in total. The molecule has 106 valence electrons. The number of rotatable bonds is 5. The van der Waals surface area contributed by atoms with Crippen molar-refractivity contribution in [3.05, 3.63) is 21.0 Å². The molecule has 5 heteroatoms. The highest BCUT2D eigenvalue weighted by atomic mass is 79.9. The Balaban J connectivity index is 2.05. The lowest BCUT2D eigenvalue weighted by atomic mass is 10.1. The molecule has 0 radical (unpaired) electrons. The van der Waals surface area contributed by atoms with Gasteiger partial charge in [0, 0.05) is 13.1 Å². The molecule has 1 aliphatic carbocycles. The number of nitrogens with zero attached hydrogens (tertiary/aromatic N) is 2. The molecular weight excluding hydrogens is 306 g/mol. The van der Waals surface area contributed by atoms with Gasteiger partial charge in [-0.15, -0.1) is 0 Å². The summed E-state index contributed by atoms with van der Waals surface area (Å²) >= 11 is 3.39. The van der Waals surface area contributed by atoms with Gasteiger partial charge in [-0.25, -0.2) is 4.68 Å². The van der Waals surface area contributed by atoms with Gasteiger partial charge in [-0.1, -0.05) is 26.7 Å². The van der Waals surface area contributed by atoms with Crippen molar-refractivity contribution in [1.82, 2.24) is 9.78 Å². The van der Waals surface area contributed by atoms with E-state index in [1.54, 1.807) is 6.20 Å². The maximum absolute atomic E-state index is 12.1. The van der Waals surface area contributed by atoms with Gasteiger partial charge in [0.2, 0.25) is 0 Å². The van der Waals surface area contributed by atoms with E-state index < -0.39 is 0 Å². The highest BCUT2D eigenvalue weighted by Crippen LogP contribution is 2.25. The standard InChI is InChI=1S/C14H22BrN3O/c1-10(2)9-18-14(19)13(15)12(8-17-18)16-7-11-5-3-4-6-11/h8,10-11,16H,3-7,9H2,1-2H3. The van der Waals surface area contributed by atoms with Crippen LogP contribution in [0.4, 0.5) is 5.69 Å². The van der Waals surface area contributed by atoms with Crippen LogP contribution in [0.15, 0.2) is 15.5 Å². The Kier molecular flexibility index (Phi) is 5.02. The van der Waals surface area contributed by atoms with Crippen molar-refractivity contribution in [2.45, 2.75) is 46.1 Å². The largest absolute Gasteiger partial charge is 0.382 e. The smallest absolute Gasteiger partial charge is 0.283 e. The highest BCUT2D eigenvalue weighted by molar-refractivity contribution is 9.10. The summed E-state index contributed by atoms with van der Waals surface area (Å²) in [5.74, 6) is 1.15. The molecule has 0 bridgehead atoms. The second-order valence-electron chi connectivity index (χ2n) is 5.78. The van der Waals surface area contributed by atoms with Gasteiger partial charge < -0.3 is 5.32 Å². The van der Waals surface area contributed by atoms with Crippen LogP contribution in [0, 0.1) is 11.8 Å². The van der Waals surface area contributed by atoms with Crippen molar-refractivity contribution in [2.24, 2.45) is 11.8 Å². The third-order valence-electron chi connectivity index (χ3n) is 3.58. The summed E-state index contributed by atoms with van der Waals surface area (Å²) in [4.78, 5) is 12.1. The van der Waals surface area contributed by atoms with Gasteiger partial charge in [0.05, 0.1) is 11.9 Å². The van der Waals surface area contributed by atoms with Gasteiger partial charge in [-0.2, -0.15) is 5.10 Å². The molecule has 0 aromatic carbocycles. The SMILES string of the molecule is CC(C)Cn1ncc(NCC2CCCC2)c(Br)c1=O. The third-order valence-corrected chi connectivity index (χ3v) is 4.35. The first-order valence-corrected chi connectivity index (χ1v) is 7.86. The van der Waals surface area contributed by atoms with E-state index in [4.69, 9.17) is 0 Å². The van der Waals surface area contributed by atoms with E-state index in [9.17, 15) is 4.79 Å². The molecule has 1 fully saturated rings. The maximum Gasteiger partial charge on any atom is 0.283 e. The van der Waals surface area contributed by atoms with Crippen molar-refractivity contribution in [1.29, 1.82) is 0 Å². The lowest BCUT2D eigenvalue weighted by Crippen LogP contribution is -2.27. The number of anilines is 1. The van der Waals surface area contributed by atoms with Crippen molar-refractivity contribution < 1.29 is 0 Å². The Morgan fingerprint density at radius 2 is 2.16 bits per heavy atom. The van der Waals surface area contributed by atoms with E-state index in [0.29, 0.717) is 16.9 Å². The lowest BCUT2D eigenvalue weighted by molar-refractivity contribution is 0.462. The van der Waals surface area contributed by atoms with Gasteiger partial charge in [-0.3, -0.25) is 4.79 Å². The predicted octanol–water partition coefficient (Wildman–Crippen LogP) is 3.26. The van der Waals surface area contributed by atoms with E-state index >= 15 is 0 Å². The van der Waals surface area contributed by atoms with E-state index in [0.717, 1.165) is 18.2 Å². The molecule has 0 spiro atoms. The molecule has 0 unspecified atom stereocenters. The van der Waals surface area contributed by atoms with Gasteiger partial charge in [0.15, 0.2) is 0 Å². The van der Waals surface area contributed by atoms with Crippen LogP contribution < -0.4 is 10.9 Å². The number of hydrogen-bond acceptors (Lipinski definition) is 3. The highest BCUT2D eigenvalue weighted by Gasteiger charge is 2.16. The predicted molar refractivity (Wildman–Crippen MR) is 81.5 cm³/mol. The topological polar surface area (TPSA) is 46.9 Å². The molecule has 19 heavy (non-hydrogen) atoms. The van der Waals surface area contributed by atoms with Crippen molar-refractivity contribution in [2.75, 3.05) is 11.9 Å². The monoisotopic (exact) mass is 327 g/mol. The van der Waals surface area contributed by atoms with E-state index in [1.807, 2.05) is 0 Å². The Hall–Kier alpha value is -0.840. The summed E-state index contributed by atoms with van der Waals surface area (Å²) in [6.07, 6.45) is 7.01. The first kappa shape index (κ1) is 14.6. The van der Waals surface area contributed by atoms with E-state index in [2.05, 4.69) is 40.2 Å². The first-order chi connectivity index (χ1) is 9.08. The Bertz CT molecular complexity index is 478. The van der Waals surface area contributed by atoms with Crippen LogP contribution >= 0.6 is 15.9 Å². The van der Waals surface area contributed by atoms with E-state index in [1.165, 1.54) is 30.4 Å². The molecule has 0 saturated heterocycles. The van der Waals surface area contributed by atoms with Crippen LogP contribution in [-0.4, -0.2) is 16.3 Å². The molecule has 1 aliphatic rings. The number of aromatic nitrogens is 2. The van der Waals surface area contributed by atoms with E-state index in [-0.39, 0.29) is 5.56 Å². The van der Waals surface area contributed by atoms with Crippen molar-refractivity contribution in [3.8, 4) is 0 Å². The molecule has 0 aliphatic heterocycles. The third kappa shape index (κ3) is 3.81. The average molecular weight is 328 g/mol. The summed E-state index contributed by atoms with van der Waals surface area (Å²) in [7, 11) is 0. The first-order valence-electron chi connectivity index (χ1n) is 7.07. The quantitative estimate of drug-likeness (QED) is 0.902. The fraction of sp³-hybridized carbons (Fsp3) is 0.714. The van der Waals surface area contributed by atoms with Gasteiger partial charge in [-0.05, 0) is 40.6 Å². The summed E-state index contributed by atoms with van der Waals surface area (Å²) in [5.41, 5.74) is 0.766.